The summed E-state index contributed by atoms with van der Waals surface area (Å²) < 4.78 is 21.2. The quantitative estimate of drug-likeness (QED) is 0.240. The van der Waals surface area contributed by atoms with E-state index in [1.807, 2.05) is 41.0 Å². The maximum absolute atomic E-state index is 6.22. The maximum Gasteiger partial charge on any atom is 0.223 e. The summed E-state index contributed by atoms with van der Waals surface area (Å²) in [6, 6.07) is 20.3. The molecule has 2 N–H and O–H groups in total. The van der Waals surface area contributed by atoms with Crippen LogP contribution in [0.15, 0.2) is 67.0 Å². The summed E-state index contributed by atoms with van der Waals surface area (Å²) in [6.07, 6.45) is 1.69. The highest BCUT2D eigenvalue weighted by Gasteiger charge is 2.39. The van der Waals surface area contributed by atoms with Crippen molar-refractivity contribution in [2.24, 2.45) is 5.92 Å². The number of fused-ring (bicyclic) bond motifs is 1. The normalized spacial score (nSPS) is 20.2. The number of hydrogen-bond donors (Lipinski definition) is 1. The number of nitrogens with zero attached hydrogens (tertiary/aromatic N) is 4. The van der Waals surface area contributed by atoms with Gasteiger partial charge in [-0.1, -0.05) is 60.7 Å². The van der Waals surface area contributed by atoms with Gasteiger partial charge in [0.15, 0.2) is 5.65 Å². The van der Waals surface area contributed by atoms with Crippen LogP contribution >= 0.6 is 22.6 Å². The van der Waals surface area contributed by atoms with E-state index in [0.717, 1.165) is 20.3 Å². The molecule has 0 aliphatic carbocycles. The van der Waals surface area contributed by atoms with Gasteiger partial charge in [0, 0.05) is 5.92 Å². The summed E-state index contributed by atoms with van der Waals surface area (Å²) in [6.45, 7) is 2.60. The van der Waals surface area contributed by atoms with Crippen LogP contribution in [0.5, 0.6) is 0 Å². The number of benzene rings is 2. The fourth-order valence-corrected chi connectivity index (χ4v) is 4.92. The van der Waals surface area contributed by atoms with E-state index in [1.54, 1.807) is 6.33 Å². The number of nitrogen functional groups attached to an aromatic ring is 1. The van der Waals surface area contributed by atoms with Gasteiger partial charge in [0.2, 0.25) is 5.95 Å². The highest BCUT2D eigenvalue weighted by Crippen LogP contribution is 2.34. The SMILES string of the molecule is Nc1nc(I)c2ncn([C@H]3CO[C@@H](COCc4ccccc4)[C@@H]3COCc3ccccc3)c2n1. The Morgan fingerprint density at radius 2 is 1.59 bits per heavy atom. The Morgan fingerprint density at radius 3 is 2.26 bits per heavy atom. The van der Waals surface area contributed by atoms with E-state index in [-0.39, 0.29) is 24.0 Å². The van der Waals surface area contributed by atoms with E-state index in [9.17, 15) is 0 Å². The molecule has 0 spiro atoms. The van der Waals surface area contributed by atoms with Gasteiger partial charge in [0.1, 0.15) is 9.22 Å². The molecular weight excluding hydrogens is 545 g/mol. The molecule has 2 aromatic carbocycles. The number of imidazole rings is 1. The second-order valence-corrected chi connectivity index (χ2v) is 9.32. The summed E-state index contributed by atoms with van der Waals surface area (Å²) in [7, 11) is 0. The van der Waals surface area contributed by atoms with Crippen molar-refractivity contribution in [3.8, 4) is 0 Å². The van der Waals surface area contributed by atoms with Crippen LogP contribution in [0.25, 0.3) is 11.2 Å². The van der Waals surface area contributed by atoms with Crippen LogP contribution in [0.4, 0.5) is 5.95 Å². The summed E-state index contributed by atoms with van der Waals surface area (Å²) >= 11 is 2.14. The molecule has 1 fully saturated rings. The van der Waals surface area contributed by atoms with Gasteiger partial charge in [-0.3, -0.25) is 0 Å². The summed E-state index contributed by atoms with van der Waals surface area (Å²) in [4.78, 5) is 13.2. The third-order valence-corrected chi connectivity index (χ3v) is 6.77. The Kier molecular flexibility index (Phi) is 7.33. The van der Waals surface area contributed by atoms with E-state index >= 15 is 0 Å². The molecule has 0 unspecified atom stereocenters. The van der Waals surface area contributed by atoms with E-state index in [0.29, 0.717) is 38.7 Å². The van der Waals surface area contributed by atoms with Gasteiger partial charge in [-0.15, -0.1) is 0 Å². The molecule has 1 aliphatic heterocycles. The molecule has 3 atom stereocenters. The molecule has 3 heterocycles. The van der Waals surface area contributed by atoms with E-state index in [4.69, 9.17) is 19.9 Å². The zero-order chi connectivity index (χ0) is 23.3. The average Bonchev–Trinajstić information content (AvgIpc) is 3.44. The standard InChI is InChI=1S/C25H26IN5O3/c26-23-22-24(30-25(27)29-23)31(16-28-22)20-14-34-21(15-33-12-18-9-5-2-6-10-18)19(20)13-32-11-17-7-3-1-4-8-17/h1-10,16,19-21H,11-15H2,(H2,27,29,30)/t19-,20+,21+/m1/s1. The maximum atomic E-state index is 6.22. The highest BCUT2D eigenvalue weighted by atomic mass is 127. The van der Waals surface area contributed by atoms with Gasteiger partial charge < -0.3 is 24.5 Å². The molecule has 176 valence electrons. The number of nitrogens with two attached hydrogens (primary N) is 1. The van der Waals surface area contributed by atoms with Crippen molar-refractivity contribution < 1.29 is 14.2 Å². The zero-order valence-electron chi connectivity index (χ0n) is 18.6. The minimum absolute atomic E-state index is 0.00352. The summed E-state index contributed by atoms with van der Waals surface area (Å²) in [5.74, 6) is 0.294. The fraction of sp³-hybridized carbons (Fsp3) is 0.320. The van der Waals surface area contributed by atoms with Gasteiger partial charge in [-0.2, -0.15) is 4.98 Å². The van der Waals surface area contributed by atoms with E-state index < -0.39 is 0 Å². The monoisotopic (exact) mass is 571 g/mol. The lowest BCUT2D eigenvalue weighted by molar-refractivity contribution is -0.0239. The van der Waals surface area contributed by atoms with Crippen molar-refractivity contribution in [1.29, 1.82) is 0 Å². The fourth-order valence-electron chi connectivity index (χ4n) is 4.29. The zero-order valence-corrected chi connectivity index (χ0v) is 20.7. The lowest BCUT2D eigenvalue weighted by Crippen LogP contribution is -2.30. The molecule has 0 radical (unpaired) electrons. The molecule has 34 heavy (non-hydrogen) atoms. The molecule has 0 bridgehead atoms. The molecular formula is C25H26IN5O3. The third kappa shape index (κ3) is 5.22. The predicted octanol–water partition coefficient (Wildman–Crippen LogP) is 4.00. The van der Waals surface area contributed by atoms with Crippen LogP contribution in [-0.2, 0) is 27.4 Å². The van der Waals surface area contributed by atoms with E-state index in [2.05, 4.69) is 61.8 Å². The van der Waals surface area contributed by atoms with Crippen LogP contribution in [-0.4, -0.2) is 45.4 Å². The lowest BCUT2D eigenvalue weighted by Gasteiger charge is -2.24. The van der Waals surface area contributed by atoms with Crippen LogP contribution < -0.4 is 5.73 Å². The molecule has 9 heteroatoms. The number of anilines is 1. The number of rotatable bonds is 9. The van der Waals surface area contributed by atoms with Crippen molar-refractivity contribution in [3.63, 3.8) is 0 Å². The molecule has 0 saturated carbocycles. The van der Waals surface area contributed by atoms with Gasteiger partial charge in [0.25, 0.3) is 0 Å². The van der Waals surface area contributed by atoms with E-state index in [1.165, 1.54) is 0 Å². The topological polar surface area (TPSA) is 97.3 Å². The van der Waals surface area contributed by atoms with Gasteiger partial charge in [-0.05, 0) is 33.7 Å². The first-order chi connectivity index (χ1) is 16.7. The smallest absolute Gasteiger partial charge is 0.223 e. The number of ether oxygens (including phenoxy) is 3. The average molecular weight is 571 g/mol. The molecule has 2 aromatic heterocycles. The van der Waals surface area contributed by atoms with Crippen molar-refractivity contribution in [3.05, 3.63) is 81.8 Å². The van der Waals surface area contributed by atoms with Crippen molar-refractivity contribution in [1.82, 2.24) is 19.5 Å². The van der Waals surface area contributed by atoms with Crippen LogP contribution in [0.3, 0.4) is 0 Å². The Balaban J connectivity index is 1.33. The first-order valence-electron chi connectivity index (χ1n) is 11.2. The van der Waals surface area contributed by atoms with Gasteiger partial charge in [-0.25, -0.2) is 9.97 Å². The number of hydrogen-bond acceptors (Lipinski definition) is 7. The first-order valence-corrected chi connectivity index (χ1v) is 12.3. The van der Waals surface area contributed by atoms with Crippen LogP contribution in [0.1, 0.15) is 17.2 Å². The summed E-state index contributed by atoms with van der Waals surface area (Å²) in [5, 5.41) is 0. The first kappa shape index (κ1) is 23.2. The Bertz CT molecular complexity index is 1220. The largest absolute Gasteiger partial charge is 0.376 e. The lowest BCUT2D eigenvalue weighted by atomic mass is 9.98. The molecule has 5 rings (SSSR count). The second kappa shape index (κ2) is 10.8. The third-order valence-electron chi connectivity index (χ3n) is 6.02. The van der Waals surface area contributed by atoms with Gasteiger partial charge >= 0.3 is 0 Å². The molecule has 8 nitrogen and oxygen atoms in total. The Morgan fingerprint density at radius 1 is 0.941 bits per heavy atom. The Hall–Kier alpha value is -2.60. The highest BCUT2D eigenvalue weighted by molar-refractivity contribution is 14.1. The van der Waals surface area contributed by atoms with Crippen LogP contribution in [0, 0.1) is 9.62 Å². The van der Waals surface area contributed by atoms with Crippen molar-refractivity contribution in [2.75, 3.05) is 25.6 Å². The number of halogens is 1. The van der Waals surface area contributed by atoms with Gasteiger partial charge in [0.05, 0.1) is 51.5 Å². The number of aromatic nitrogens is 4. The minimum Gasteiger partial charge on any atom is -0.376 e. The second-order valence-electron chi connectivity index (χ2n) is 8.30. The molecule has 1 aliphatic rings. The predicted molar refractivity (Wildman–Crippen MR) is 137 cm³/mol. The van der Waals surface area contributed by atoms with Crippen molar-refractivity contribution >= 4 is 39.7 Å². The summed E-state index contributed by atoms with van der Waals surface area (Å²) in [5.41, 5.74) is 9.66. The Labute approximate surface area is 211 Å². The molecule has 4 aromatic rings. The van der Waals surface area contributed by atoms with Crippen LogP contribution in [0.2, 0.25) is 0 Å². The molecule has 1 saturated heterocycles. The molecule has 0 amide bonds. The van der Waals surface area contributed by atoms with Crippen molar-refractivity contribution in [2.45, 2.75) is 25.4 Å². The minimum atomic E-state index is -0.111.